The topological polar surface area (TPSA) is 37.8 Å². The monoisotopic (exact) mass is 297 g/mol. The molecule has 4 heteroatoms. The maximum Gasteiger partial charge on any atom is 0.142 e. The van der Waals surface area contributed by atoms with Crippen LogP contribution < -0.4 is 5.32 Å². The molecule has 0 amide bonds. The van der Waals surface area contributed by atoms with Crippen molar-refractivity contribution in [3.05, 3.63) is 47.0 Å². The van der Waals surface area contributed by atoms with E-state index in [0.717, 1.165) is 35.7 Å². The lowest BCUT2D eigenvalue weighted by atomic mass is 10.1. The zero-order chi connectivity index (χ0) is 14.7. The van der Waals surface area contributed by atoms with Gasteiger partial charge in [0.2, 0.25) is 0 Å². The molecule has 21 heavy (non-hydrogen) atoms. The standard InChI is InChI=1S/C17H19N3S/c1-3-8-18-10-13-11-19-17(21-13)16-9-12(2)14-6-4-5-7-15(14)20-16/h4-7,9,11,18H,3,8,10H2,1-2H3. The molecule has 0 unspecified atom stereocenters. The molecule has 0 radical (unpaired) electrons. The van der Waals surface area contributed by atoms with Gasteiger partial charge in [-0.15, -0.1) is 11.3 Å². The summed E-state index contributed by atoms with van der Waals surface area (Å²) in [5.41, 5.74) is 3.25. The van der Waals surface area contributed by atoms with Crippen molar-refractivity contribution in [2.45, 2.75) is 26.8 Å². The first-order valence-corrected chi connectivity index (χ1v) is 8.11. The Morgan fingerprint density at radius 3 is 2.95 bits per heavy atom. The molecule has 0 atom stereocenters. The van der Waals surface area contributed by atoms with E-state index >= 15 is 0 Å². The molecule has 0 aliphatic heterocycles. The predicted molar refractivity (Wildman–Crippen MR) is 89.6 cm³/mol. The third-order valence-corrected chi connectivity index (χ3v) is 4.44. The van der Waals surface area contributed by atoms with Gasteiger partial charge in [0.1, 0.15) is 5.01 Å². The van der Waals surface area contributed by atoms with Gasteiger partial charge in [0.05, 0.1) is 11.2 Å². The molecular weight excluding hydrogens is 278 g/mol. The molecule has 3 rings (SSSR count). The smallest absolute Gasteiger partial charge is 0.142 e. The first-order chi connectivity index (χ1) is 10.3. The molecule has 2 heterocycles. The van der Waals surface area contributed by atoms with Crippen molar-refractivity contribution in [1.29, 1.82) is 0 Å². The number of hydrogen-bond donors (Lipinski definition) is 1. The summed E-state index contributed by atoms with van der Waals surface area (Å²) < 4.78 is 0. The fraction of sp³-hybridized carbons (Fsp3) is 0.294. The van der Waals surface area contributed by atoms with Gasteiger partial charge >= 0.3 is 0 Å². The maximum atomic E-state index is 4.74. The van der Waals surface area contributed by atoms with E-state index in [1.165, 1.54) is 15.8 Å². The van der Waals surface area contributed by atoms with Gasteiger partial charge in [0.25, 0.3) is 0 Å². The highest BCUT2D eigenvalue weighted by Gasteiger charge is 2.08. The van der Waals surface area contributed by atoms with E-state index in [-0.39, 0.29) is 0 Å². The van der Waals surface area contributed by atoms with Crippen molar-refractivity contribution < 1.29 is 0 Å². The van der Waals surface area contributed by atoms with E-state index in [1.807, 2.05) is 12.3 Å². The summed E-state index contributed by atoms with van der Waals surface area (Å²) in [6, 6.07) is 10.4. The number of pyridine rings is 1. The summed E-state index contributed by atoms with van der Waals surface area (Å²) in [7, 11) is 0. The number of fused-ring (bicyclic) bond motifs is 1. The Balaban J connectivity index is 1.90. The summed E-state index contributed by atoms with van der Waals surface area (Å²) in [5, 5.41) is 5.62. The summed E-state index contributed by atoms with van der Waals surface area (Å²) in [6.07, 6.45) is 3.10. The lowest BCUT2D eigenvalue weighted by molar-refractivity contribution is 0.681. The molecule has 0 saturated heterocycles. The van der Waals surface area contributed by atoms with Crippen LogP contribution in [0.1, 0.15) is 23.8 Å². The molecule has 0 aliphatic rings. The van der Waals surface area contributed by atoms with Crippen molar-refractivity contribution >= 4 is 22.2 Å². The number of nitrogens with zero attached hydrogens (tertiary/aromatic N) is 2. The highest BCUT2D eigenvalue weighted by atomic mass is 32.1. The Labute approximate surface area is 129 Å². The molecule has 1 aromatic carbocycles. The summed E-state index contributed by atoms with van der Waals surface area (Å²) in [5.74, 6) is 0. The highest BCUT2D eigenvalue weighted by Crippen LogP contribution is 2.27. The largest absolute Gasteiger partial charge is 0.312 e. The minimum absolute atomic E-state index is 0.887. The molecule has 0 bridgehead atoms. The number of nitrogens with one attached hydrogen (secondary N) is 1. The summed E-state index contributed by atoms with van der Waals surface area (Å²) >= 11 is 1.72. The number of para-hydroxylation sites is 1. The number of thiazole rings is 1. The Kier molecular flexibility index (Phi) is 4.27. The van der Waals surface area contributed by atoms with Gasteiger partial charge in [-0.05, 0) is 37.6 Å². The van der Waals surface area contributed by atoms with Gasteiger partial charge in [-0.3, -0.25) is 0 Å². The zero-order valence-corrected chi connectivity index (χ0v) is 13.2. The molecule has 0 saturated carbocycles. The normalized spacial score (nSPS) is 11.1. The summed E-state index contributed by atoms with van der Waals surface area (Å²) in [4.78, 5) is 10.5. The van der Waals surface area contributed by atoms with Gasteiger partial charge < -0.3 is 5.32 Å². The van der Waals surface area contributed by atoms with Crippen LogP contribution in [0.2, 0.25) is 0 Å². The van der Waals surface area contributed by atoms with Crippen LogP contribution in [0.5, 0.6) is 0 Å². The van der Waals surface area contributed by atoms with Crippen LogP contribution in [0, 0.1) is 6.92 Å². The average Bonchev–Trinajstić information content (AvgIpc) is 2.96. The van der Waals surface area contributed by atoms with Crippen molar-refractivity contribution in [2.75, 3.05) is 6.54 Å². The van der Waals surface area contributed by atoms with E-state index in [4.69, 9.17) is 4.98 Å². The fourth-order valence-electron chi connectivity index (χ4n) is 2.36. The second kappa shape index (κ2) is 6.33. The van der Waals surface area contributed by atoms with E-state index in [9.17, 15) is 0 Å². The van der Waals surface area contributed by atoms with Crippen LogP contribution in [-0.4, -0.2) is 16.5 Å². The van der Waals surface area contributed by atoms with Crippen LogP contribution >= 0.6 is 11.3 Å². The molecule has 2 aromatic heterocycles. The zero-order valence-electron chi connectivity index (χ0n) is 12.4. The lowest BCUT2D eigenvalue weighted by Crippen LogP contribution is -2.12. The van der Waals surface area contributed by atoms with Gasteiger partial charge in [0, 0.05) is 23.0 Å². The Morgan fingerprint density at radius 1 is 1.24 bits per heavy atom. The first kappa shape index (κ1) is 14.2. The number of hydrogen-bond acceptors (Lipinski definition) is 4. The third kappa shape index (κ3) is 3.12. The van der Waals surface area contributed by atoms with Crippen molar-refractivity contribution in [2.24, 2.45) is 0 Å². The first-order valence-electron chi connectivity index (χ1n) is 7.30. The van der Waals surface area contributed by atoms with Crippen LogP contribution in [0.3, 0.4) is 0 Å². The quantitative estimate of drug-likeness (QED) is 0.718. The molecular formula is C17H19N3S. The van der Waals surface area contributed by atoms with E-state index in [1.54, 1.807) is 11.3 Å². The minimum Gasteiger partial charge on any atom is -0.312 e. The molecule has 3 aromatic rings. The van der Waals surface area contributed by atoms with Gasteiger partial charge in [-0.2, -0.15) is 0 Å². The van der Waals surface area contributed by atoms with E-state index < -0.39 is 0 Å². The number of aryl methyl sites for hydroxylation is 1. The Hall–Kier alpha value is -1.78. The molecule has 0 fully saturated rings. The third-order valence-electron chi connectivity index (χ3n) is 3.42. The molecule has 108 valence electrons. The second-order valence-corrected chi connectivity index (χ2v) is 6.27. The van der Waals surface area contributed by atoms with Gasteiger partial charge in [0.15, 0.2) is 0 Å². The number of rotatable bonds is 5. The molecule has 1 N–H and O–H groups in total. The Bertz CT molecular complexity index is 749. The summed E-state index contributed by atoms with van der Waals surface area (Å²) in [6.45, 7) is 6.23. The fourth-order valence-corrected chi connectivity index (χ4v) is 3.20. The van der Waals surface area contributed by atoms with Crippen molar-refractivity contribution in [3.63, 3.8) is 0 Å². The van der Waals surface area contributed by atoms with Crippen LogP contribution in [0.4, 0.5) is 0 Å². The number of benzene rings is 1. The van der Waals surface area contributed by atoms with Crippen LogP contribution in [-0.2, 0) is 6.54 Å². The lowest BCUT2D eigenvalue weighted by Gasteiger charge is -2.04. The van der Waals surface area contributed by atoms with Crippen LogP contribution in [0.15, 0.2) is 36.5 Å². The highest BCUT2D eigenvalue weighted by molar-refractivity contribution is 7.15. The van der Waals surface area contributed by atoms with E-state index in [0.29, 0.717) is 0 Å². The Morgan fingerprint density at radius 2 is 2.10 bits per heavy atom. The second-order valence-electron chi connectivity index (χ2n) is 5.15. The van der Waals surface area contributed by atoms with Crippen molar-refractivity contribution in [1.82, 2.24) is 15.3 Å². The molecule has 0 aliphatic carbocycles. The minimum atomic E-state index is 0.887. The maximum absolute atomic E-state index is 4.74. The predicted octanol–water partition coefficient (Wildman–Crippen LogP) is 4.17. The number of aromatic nitrogens is 2. The SMILES string of the molecule is CCCNCc1cnc(-c2cc(C)c3ccccc3n2)s1. The van der Waals surface area contributed by atoms with Gasteiger partial charge in [-0.25, -0.2) is 9.97 Å². The van der Waals surface area contributed by atoms with Crippen LogP contribution in [0.25, 0.3) is 21.6 Å². The molecule has 3 nitrogen and oxygen atoms in total. The average molecular weight is 297 g/mol. The van der Waals surface area contributed by atoms with Crippen molar-refractivity contribution in [3.8, 4) is 10.7 Å². The van der Waals surface area contributed by atoms with E-state index in [2.05, 4.69) is 48.4 Å². The van der Waals surface area contributed by atoms with Gasteiger partial charge in [-0.1, -0.05) is 25.1 Å². The molecule has 0 spiro atoms.